The van der Waals surface area contributed by atoms with Gasteiger partial charge in [-0.2, -0.15) is 0 Å². The summed E-state index contributed by atoms with van der Waals surface area (Å²) in [6.07, 6.45) is 1.19. The highest BCUT2D eigenvalue weighted by Gasteiger charge is 2.10. The third-order valence-corrected chi connectivity index (χ3v) is 2.32. The molecule has 0 bridgehead atoms. The summed E-state index contributed by atoms with van der Waals surface area (Å²) in [4.78, 5) is 18.6. The number of aromatic nitrogens is 2. The molecule has 1 heterocycles. The van der Waals surface area contributed by atoms with Gasteiger partial charge in [-0.15, -0.1) is 0 Å². The summed E-state index contributed by atoms with van der Waals surface area (Å²) in [5.41, 5.74) is 1.10. The average Bonchev–Trinajstić information content (AvgIpc) is 2.17. The van der Waals surface area contributed by atoms with Gasteiger partial charge in [0, 0.05) is 5.39 Å². The molecule has 0 saturated carbocycles. The summed E-state index contributed by atoms with van der Waals surface area (Å²) in [6, 6.07) is 5.23. The van der Waals surface area contributed by atoms with Crippen molar-refractivity contribution in [2.45, 2.75) is 6.42 Å². The molecule has 15 heavy (non-hydrogen) atoms. The van der Waals surface area contributed by atoms with Crippen molar-refractivity contribution in [1.82, 2.24) is 9.97 Å². The molecule has 1 N–H and O–H groups in total. The molecule has 2 aromatic rings. The van der Waals surface area contributed by atoms with Crippen molar-refractivity contribution in [2.24, 2.45) is 0 Å². The molecule has 0 atom stereocenters. The van der Waals surface area contributed by atoms with Crippen LogP contribution in [0.2, 0.25) is 5.02 Å². The van der Waals surface area contributed by atoms with Crippen LogP contribution in [-0.2, 0) is 11.2 Å². The van der Waals surface area contributed by atoms with Crippen LogP contribution in [0.25, 0.3) is 10.9 Å². The van der Waals surface area contributed by atoms with E-state index in [0.29, 0.717) is 21.6 Å². The van der Waals surface area contributed by atoms with E-state index >= 15 is 0 Å². The number of aliphatic carboxylic acids is 1. The highest BCUT2D eigenvalue weighted by Crippen LogP contribution is 2.24. The second-order valence-electron chi connectivity index (χ2n) is 3.02. The molecule has 0 amide bonds. The Balaban J connectivity index is 2.68. The third kappa shape index (κ3) is 1.89. The van der Waals surface area contributed by atoms with Crippen molar-refractivity contribution in [1.29, 1.82) is 0 Å². The maximum absolute atomic E-state index is 10.6. The Kier molecular flexibility index (Phi) is 2.51. The van der Waals surface area contributed by atoms with Gasteiger partial charge in [-0.05, 0) is 12.1 Å². The van der Waals surface area contributed by atoms with E-state index in [-0.39, 0.29) is 6.42 Å². The Bertz CT molecular complexity index is 523. The molecule has 0 radical (unpaired) electrons. The predicted octanol–water partition coefficient (Wildman–Crippen LogP) is 1.91. The molecular weight excluding hydrogens is 216 g/mol. The highest BCUT2D eigenvalue weighted by atomic mass is 35.5. The molecule has 0 aliphatic carbocycles. The Morgan fingerprint density at radius 2 is 2.20 bits per heavy atom. The molecule has 1 aromatic carbocycles. The lowest BCUT2D eigenvalue weighted by molar-refractivity contribution is -0.136. The maximum atomic E-state index is 10.6. The molecule has 0 spiro atoms. The van der Waals surface area contributed by atoms with Crippen molar-refractivity contribution in [3.8, 4) is 0 Å². The van der Waals surface area contributed by atoms with Gasteiger partial charge in [0.05, 0.1) is 22.7 Å². The van der Waals surface area contributed by atoms with Crippen LogP contribution in [0.1, 0.15) is 5.69 Å². The van der Waals surface area contributed by atoms with Crippen LogP contribution in [0.3, 0.4) is 0 Å². The SMILES string of the molecule is O=C(O)Cc1ncnc2cccc(Cl)c12. The topological polar surface area (TPSA) is 63.1 Å². The zero-order chi connectivity index (χ0) is 10.8. The molecule has 2 rings (SSSR count). The van der Waals surface area contributed by atoms with Gasteiger partial charge in [0.1, 0.15) is 6.33 Å². The van der Waals surface area contributed by atoms with Gasteiger partial charge in [-0.25, -0.2) is 9.97 Å². The van der Waals surface area contributed by atoms with E-state index in [1.165, 1.54) is 6.33 Å². The van der Waals surface area contributed by atoms with E-state index in [1.807, 2.05) is 0 Å². The summed E-state index contributed by atoms with van der Waals surface area (Å²) < 4.78 is 0. The van der Waals surface area contributed by atoms with Gasteiger partial charge < -0.3 is 5.11 Å². The van der Waals surface area contributed by atoms with Crippen molar-refractivity contribution in [3.63, 3.8) is 0 Å². The number of carboxylic acids is 1. The average molecular weight is 223 g/mol. The summed E-state index contributed by atoms with van der Waals surface area (Å²) in [5.74, 6) is -0.935. The molecule has 0 aliphatic heterocycles. The zero-order valence-electron chi connectivity index (χ0n) is 7.64. The number of nitrogens with zero attached hydrogens (tertiary/aromatic N) is 2. The number of hydrogen-bond donors (Lipinski definition) is 1. The fourth-order valence-corrected chi connectivity index (χ4v) is 1.69. The summed E-state index contributed by atoms with van der Waals surface area (Å²) in [7, 11) is 0. The fraction of sp³-hybridized carbons (Fsp3) is 0.100. The Morgan fingerprint density at radius 1 is 1.40 bits per heavy atom. The van der Waals surface area contributed by atoms with E-state index in [0.717, 1.165) is 0 Å². The first-order valence-electron chi connectivity index (χ1n) is 4.28. The number of carbonyl (C=O) groups is 1. The van der Waals surface area contributed by atoms with Gasteiger partial charge in [0.25, 0.3) is 0 Å². The number of carboxylic acid groups (broad SMARTS) is 1. The van der Waals surface area contributed by atoms with Crippen LogP contribution in [0, 0.1) is 0 Å². The van der Waals surface area contributed by atoms with Crippen LogP contribution in [0.5, 0.6) is 0 Å². The summed E-state index contributed by atoms with van der Waals surface area (Å²) >= 11 is 5.97. The normalized spacial score (nSPS) is 10.5. The molecule has 0 fully saturated rings. The summed E-state index contributed by atoms with van der Waals surface area (Å²) in [6.45, 7) is 0. The van der Waals surface area contributed by atoms with Gasteiger partial charge in [0.15, 0.2) is 0 Å². The quantitative estimate of drug-likeness (QED) is 0.843. The van der Waals surface area contributed by atoms with Crippen LogP contribution in [0.4, 0.5) is 0 Å². The van der Waals surface area contributed by atoms with E-state index in [9.17, 15) is 4.79 Å². The van der Waals surface area contributed by atoms with E-state index < -0.39 is 5.97 Å². The predicted molar refractivity (Wildman–Crippen MR) is 55.9 cm³/mol. The van der Waals surface area contributed by atoms with Crippen molar-refractivity contribution in [3.05, 3.63) is 35.2 Å². The van der Waals surface area contributed by atoms with Gasteiger partial charge in [0.2, 0.25) is 0 Å². The lowest BCUT2D eigenvalue weighted by atomic mass is 10.1. The lowest BCUT2D eigenvalue weighted by Crippen LogP contribution is -2.03. The number of benzene rings is 1. The van der Waals surface area contributed by atoms with Crippen LogP contribution in [-0.4, -0.2) is 21.0 Å². The minimum atomic E-state index is -0.935. The Hall–Kier alpha value is -1.68. The molecule has 4 nitrogen and oxygen atoms in total. The zero-order valence-corrected chi connectivity index (χ0v) is 8.40. The van der Waals surface area contributed by atoms with Crippen LogP contribution >= 0.6 is 11.6 Å². The van der Waals surface area contributed by atoms with E-state index in [4.69, 9.17) is 16.7 Å². The van der Waals surface area contributed by atoms with Gasteiger partial charge >= 0.3 is 5.97 Å². The van der Waals surface area contributed by atoms with Crippen molar-refractivity contribution in [2.75, 3.05) is 0 Å². The monoisotopic (exact) mass is 222 g/mol. The van der Waals surface area contributed by atoms with Crippen LogP contribution in [0.15, 0.2) is 24.5 Å². The van der Waals surface area contributed by atoms with Gasteiger partial charge in [-0.1, -0.05) is 17.7 Å². The molecule has 76 valence electrons. The number of fused-ring (bicyclic) bond motifs is 1. The minimum Gasteiger partial charge on any atom is -0.481 e. The largest absolute Gasteiger partial charge is 0.481 e. The smallest absolute Gasteiger partial charge is 0.309 e. The number of halogens is 1. The molecule has 5 heteroatoms. The van der Waals surface area contributed by atoms with Gasteiger partial charge in [-0.3, -0.25) is 4.79 Å². The fourth-order valence-electron chi connectivity index (χ4n) is 1.41. The van der Waals surface area contributed by atoms with E-state index in [1.54, 1.807) is 18.2 Å². The Labute approximate surface area is 90.5 Å². The maximum Gasteiger partial charge on any atom is 0.309 e. The van der Waals surface area contributed by atoms with Crippen LogP contribution < -0.4 is 0 Å². The van der Waals surface area contributed by atoms with Crippen molar-refractivity contribution >= 4 is 28.5 Å². The molecule has 0 unspecified atom stereocenters. The Morgan fingerprint density at radius 3 is 2.93 bits per heavy atom. The first-order valence-corrected chi connectivity index (χ1v) is 4.66. The standard InChI is InChI=1S/C10H7ClN2O2/c11-6-2-1-3-7-10(6)8(4-9(14)15)13-5-12-7/h1-3,5H,4H2,(H,14,15). The molecule has 0 saturated heterocycles. The third-order valence-electron chi connectivity index (χ3n) is 2.01. The van der Waals surface area contributed by atoms with E-state index in [2.05, 4.69) is 9.97 Å². The number of rotatable bonds is 2. The van der Waals surface area contributed by atoms with Crippen molar-refractivity contribution < 1.29 is 9.90 Å². The first-order chi connectivity index (χ1) is 7.18. The molecular formula is C10H7ClN2O2. The second-order valence-corrected chi connectivity index (χ2v) is 3.43. The molecule has 1 aromatic heterocycles. The number of hydrogen-bond acceptors (Lipinski definition) is 3. The summed E-state index contributed by atoms with van der Waals surface area (Å²) in [5, 5.41) is 9.80. The minimum absolute atomic E-state index is 0.150. The second kappa shape index (κ2) is 3.82. The molecule has 0 aliphatic rings. The highest BCUT2D eigenvalue weighted by molar-refractivity contribution is 6.35. The lowest BCUT2D eigenvalue weighted by Gasteiger charge is -2.03. The first kappa shape index (κ1) is 9.86.